The van der Waals surface area contributed by atoms with E-state index in [0.717, 1.165) is 5.56 Å². The van der Waals surface area contributed by atoms with Gasteiger partial charge in [-0.2, -0.15) is 17.5 Å². The maximum absolute atomic E-state index is 12.7. The van der Waals surface area contributed by atoms with Gasteiger partial charge < -0.3 is 5.73 Å². The van der Waals surface area contributed by atoms with Crippen LogP contribution in [0.25, 0.3) is 0 Å². The third kappa shape index (κ3) is 4.27. The highest BCUT2D eigenvalue weighted by atomic mass is 32.2. The molecule has 1 aromatic carbocycles. The Morgan fingerprint density at radius 2 is 1.62 bits per heavy atom. The Labute approximate surface area is 140 Å². The standard InChI is InChI=1S/C15H22F3N3O2S/c1-11-8-20(9-12(2)21(11)10-15(16,17)18)24(22,23)14-5-3-13(7-19)4-6-14/h3-6,11-12H,7-10,19H2,1-2H3/t11-,12+. The van der Waals surface area contributed by atoms with E-state index in [2.05, 4.69) is 0 Å². The molecule has 0 radical (unpaired) electrons. The van der Waals surface area contributed by atoms with Crippen molar-refractivity contribution < 1.29 is 21.6 Å². The predicted molar refractivity (Wildman–Crippen MR) is 84.8 cm³/mol. The molecule has 1 aliphatic rings. The number of rotatable bonds is 4. The lowest BCUT2D eigenvalue weighted by molar-refractivity contribution is -0.159. The molecule has 1 aromatic rings. The Hall–Kier alpha value is -1.16. The Balaban J connectivity index is 2.18. The largest absolute Gasteiger partial charge is 0.401 e. The molecule has 9 heteroatoms. The van der Waals surface area contributed by atoms with Gasteiger partial charge >= 0.3 is 6.18 Å². The second kappa shape index (κ2) is 6.99. The van der Waals surface area contributed by atoms with Crippen molar-refractivity contribution in [2.75, 3.05) is 19.6 Å². The van der Waals surface area contributed by atoms with Crippen LogP contribution in [0.4, 0.5) is 13.2 Å². The van der Waals surface area contributed by atoms with Crippen LogP contribution in [0, 0.1) is 0 Å². The summed E-state index contributed by atoms with van der Waals surface area (Å²) in [6.45, 7) is 2.56. The summed E-state index contributed by atoms with van der Waals surface area (Å²) < 4.78 is 64.7. The Morgan fingerprint density at radius 1 is 1.12 bits per heavy atom. The summed E-state index contributed by atoms with van der Waals surface area (Å²) in [4.78, 5) is 1.42. The number of sulfonamides is 1. The molecule has 0 saturated carbocycles. The van der Waals surface area contributed by atoms with Crippen molar-refractivity contribution in [2.45, 2.75) is 43.5 Å². The van der Waals surface area contributed by atoms with E-state index in [1.54, 1.807) is 26.0 Å². The maximum Gasteiger partial charge on any atom is 0.401 e. The van der Waals surface area contributed by atoms with E-state index in [9.17, 15) is 21.6 Å². The lowest BCUT2D eigenvalue weighted by Gasteiger charge is -2.43. The summed E-state index contributed by atoms with van der Waals surface area (Å²) in [5.41, 5.74) is 6.31. The molecule has 24 heavy (non-hydrogen) atoms. The highest BCUT2D eigenvalue weighted by Gasteiger charge is 2.41. The lowest BCUT2D eigenvalue weighted by atomic mass is 10.1. The molecule has 5 nitrogen and oxygen atoms in total. The van der Waals surface area contributed by atoms with Gasteiger partial charge in [-0.25, -0.2) is 8.42 Å². The normalized spacial score (nSPS) is 24.2. The van der Waals surface area contributed by atoms with Crippen LogP contribution in [0.15, 0.2) is 29.2 Å². The van der Waals surface area contributed by atoms with Gasteiger partial charge in [0.15, 0.2) is 0 Å². The van der Waals surface area contributed by atoms with Crippen LogP contribution in [-0.4, -0.2) is 55.5 Å². The van der Waals surface area contributed by atoms with Crippen LogP contribution in [0.5, 0.6) is 0 Å². The summed E-state index contributed by atoms with van der Waals surface area (Å²) in [6.07, 6.45) is -4.30. The van der Waals surface area contributed by atoms with E-state index in [4.69, 9.17) is 5.73 Å². The van der Waals surface area contributed by atoms with E-state index < -0.39 is 34.8 Å². The number of halogens is 3. The fraction of sp³-hybridized carbons (Fsp3) is 0.600. The Morgan fingerprint density at radius 3 is 2.04 bits per heavy atom. The van der Waals surface area contributed by atoms with E-state index in [1.807, 2.05) is 0 Å². The zero-order valence-corrected chi connectivity index (χ0v) is 14.4. The van der Waals surface area contributed by atoms with Crippen molar-refractivity contribution in [3.05, 3.63) is 29.8 Å². The van der Waals surface area contributed by atoms with Gasteiger partial charge in [0.25, 0.3) is 0 Å². The molecule has 1 fully saturated rings. The van der Waals surface area contributed by atoms with Gasteiger partial charge in [-0.15, -0.1) is 0 Å². The number of hydrogen-bond donors (Lipinski definition) is 1. The van der Waals surface area contributed by atoms with Crippen molar-refractivity contribution in [2.24, 2.45) is 5.73 Å². The highest BCUT2D eigenvalue weighted by Crippen LogP contribution is 2.26. The summed E-state index contributed by atoms with van der Waals surface area (Å²) in [5, 5.41) is 0. The first-order chi connectivity index (χ1) is 11.0. The first-order valence-corrected chi connectivity index (χ1v) is 9.10. The summed E-state index contributed by atoms with van der Waals surface area (Å²) in [7, 11) is -3.74. The molecular weight excluding hydrogens is 343 g/mol. The van der Waals surface area contributed by atoms with E-state index in [0.29, 0.717) is 6.54 Å². The average molecular weight is 365 g/mol. The number of nitrogens with two attached hydrogens (primary N) is 1. The van der Waals surface area contributed by atoms with Crippen LogP contribution in [0.1, 0.15) is 19.4 Å². The second-order valence-corrected chi connectivity index (χ2v) is 8.09. The zero-order valence-electron chi connectivity index (χ0n) is 13.6. The van der Waals surface area contributed by atoms with Gasteiger partial charge in [0.2, 0.25) is 10.0 Å². The fourth-order valence-electron chi connectivity index (χ4n) is 2.97. The van der Waals surface area contributed by atoms with Gasteiger partial charge in [0.05, 0.1) is 11.4 Å². The van der Waals surface area contributed by atoms with E-state index >= 15 is 0 Å². The molecule has 0 aromatic heterocycles. The minimum Gasteiger partial charge on any atom is -0.326 e. The predicted octanol–water partition coefficient (Wildman–Crippen LogP) is 1.79. The van der Waals surface area contributed by atoms with Crippen LogP contribution in [0.3, 0.4) is 0 Å². The molecule has 0 spiro atoms. The minimum absolute atomic E-state index is 0.0292. The molecule has 136 valence electrons. The molecule has 0 aliphatic carbocycles. The van der Waals surface area contributed by atoms with Gasteiger partial charge in [-0.3, -0.25) is 4.90 Å². The lowest BCUT2D eigenvalue weighted by Crippen LogP contribution is -2.59. The molecule has 1 heterocycles. The Kier molecular flexibility index (Phi) is 5.58. The van der Waals surface area contributed by atoms with Crippen LogP contribution in [0.2, 0.25) is 0 Å². The van der Waals surface area contributed by atoms with Gasteiger partial charge in [-0.05, 0) is 31.5 Å². The minimum atomic E-state index is -4.30. The molecular formula is C15H22F3N3O2S. The summed E-state index contributed by atoms with van der Waals surface area (Å²) in [6, 6.07) is 5.20. The summed E-state index contributed by atoms with van der Waals surface area (Å²) >= 11 is 0. The van der Waals surface area contributed by atoms with Gasteiger partial charge in [0, 0.05) is 31.7 Å². The first kappa shape index (κ1) is 19.2. The highest BCUT2D eigenvalue weighted by molar-refractivity contribution is 7.89. The molecule has 2 atom stereocenters. The monoisotopic (exact) mass is 365 g/mol. The molecule has 0 unspecified atom stereocenters. The average Bonchev–Trinajstić information content (AvgIpc) is 2.49. The van der Waals surface area contributed by atoms with Gasteiger partial charge in [-0.1, -0.05) is 12.1 Å². The molecule has 2 rings (SSSR count). The Bertz CT molecular complexity index is 650. The van der Waals surface area contributed by atoms with Crippen molar-refractivity contribution in [3.8, 4) is 0 Å². The van der Waals surface area contributed by atoms with Crippen molar-refractivity contribution >= 4 is 10.0 Å². The van der Waals surface area contributed by atoms with Crippen molar-refractivity contribution in [3.63, 3.8) is 0 Å². The second-order valence-electron chi connectivity index (χ2n) is 6.16. The van der Waals surface area contributed by atoms with E-state index in [1.165, 1.54) is 21.3 Å². The SMILES string of the molecule is C[C@@H]1CN(S(=O)(=O)c2ccc(CN)cc2)C[C@H](C)N1CC(F)(F)F. The molecule has 2 N–H and O–H groups in total. The molecule has 1 aliphatic heterocycles. The van der Waals surface area contributed by atoms with E-state index in [-0.39, 0.29) is 18.0 Å². The molecule has 0 amide bonds. The van der Waals surface area contributed by atoms with Crippen molar-refractivity contribution in [1.82, 2.24) is 9.21 Å². The summed E-state index contributed by atoms with van der Waals surface area (Å²) in [5.74, 6) is 0. The number of nitrogens with zero attached hydrogens (tertiary/aromatic N) is 2. The van der Waals surface area contributed by atoms with Crippen LogP contribution < -0.4 is 5.73 Å². The number of hydrogen-bond acceptors (Lipinski definition) is 4. The van der Waals surface area contributed by atoms with Crippen LogP contribution >= 0.6 is 0 Å². The number of piperazine rings is 1. The van der Waals surface area contributed by atoms with Gasteiger partial charge in [0.1, 0.15) is 0 Å². The maximum atomic E-state index is 12.7. The third-order valence-corrected chi connectivity index (χ3v) is 6.07. The smallest absolute Gasteiger partial charge is 0.326 e. The van der Waals surface area contributed by atoms with Crippen LogP contribution in [-0.2, 0) is 16.6 Å². The van der Waals surface area contributed by atoms with Crippen molar-refractivity contribution in [1.29, 1.82) is 0 Å². The molecule has 0 bridgehead atoms. The third-order valence-electron chi connectivity index (χ3n) is 4.23. The molecule has 1 saturated heterocycles. The number of benzene rings is 1. The fourth-order valence-corrected chi connectivity index (χ4v) is 4.57. The number of alkyl halides is 3. The first-order valence-electron chi connectivity index (χ1n) is 7.66. The zero-order chi connectivity index (χ0) is 18.1. The topological polar surface area (TPSA) is 66.6 Å². The quantitative estimate of drug-likeness (QED) is 0.884.